The molecule has 0 spiro atoms. The van der Waals surface area contributed by atoms with Crippen LogP contribution >= 0.6 is 11.3 Å². The minimum absolute atomic E-state index is 0.0867. The lowest BCUT2D eigenvalue weighted by atomic mass is 10.4. The molecular formula is C9H15N3OS. The number of nitrogens with zero attached hydrogens (tertiary/aromatic N) is 1. The molecule has 0 radical (unpaired) electrons. The van der Waals surface area contributed by atoms with Crippen LogP contribution in [0.15, 0.2) is 11.7 Å². The van der Waals surface area contributed by atoms with Crippen molar-refractivity contribution in [1.82, 2.24) is 15.6 Å². The van der Waals surface area contributed by atoms with Gasteiger partial charge in [-0.05, 0) is 6.42 Å². The van der Waals surface area contributed by atoms with E-state index in [1.165, 1.54) is 4.88 Å². The first-order valence-corrected chi connectivity index (χ1v) is 5.60. The van der Waals surface area contributed by atoms with Gasteiger partial charge in [-0.15, -0.1) is 11.3 Å². The number of carbonyl (C=O) groups excluding carboxylic acids is 1. The first kappa shape index (κ1) is 11.0. The van der Waals surface area contributed by atoms with E-state index in [0.29, 0.717) is 6.54 Å². The molecule has 4 nitrogen and oxygen atoms in total. The van der Waals surface area contributed by atoms with E-state index in [4.69, 9.17) is 0 Å². The van der Waals surface area contributed by atoms with Crippen molar-refractivity contribution >= 4 is 17.4 Å². The summed E-state index contributed by atoms with van der Waals surface area (Å²) in [6.07, 6.45) is 3.64. The average Bonchev–Trinajstić information content (AvgIpc) is 2.67. The molecule has 1 aromatic heterocycles. The first-order valence-electron chi connectivity index (χ1n) is 4.72. The van der Waals surface area contributed by atoms with Crippen LogP contribution in [0, 0.1) is 0 Å². The average molecular weight is 213 g/mol. The predicted molar refractivity (Wildman–Crippen MR) is 57.5 cm³/mol. The molecule has 78 valence electrons. The summed E-state index contributed by atoms with van der Waals surface area (Å²) < 4.78 is 0. The van der Waals surface area contributed by atoms with Gasteiger partial charge in [0, 0.05) is 30.6 Å². The molecule has 0 atom stereocenters. The van der Waals surface area contributed by atoms with Crippen molar-refractivity contribution in [3.05, 3.63) is 16.6 Å². The van der Waals surface area contributed by atoms with Crippen LogP contribution in [0.25, 0.3) is 0 Å². The summed E-state index contributed by atoms with van der Waals surface area (Å²) in [4.78, 5) is 16.3. The highest BCUT2D eigenvalue weighted by molar-refractivity contribution is 7.09. The van der Waals surface area contributed by atoms with Gasteiger partial charge in [-0.3, -0.25) is 4.98 Å². The fourth-order valence-electron chi connectivity index (χ4n) is 0.966. The van der Waals surface area contributed by atoms with Crippen molar-refractivity contribution in [2.24, 2.45) is 0 Å². The topological polar surface area (TPSA) is 54.0 Å². The summed E-state index contributed by atoms with van der Waals surface area (Å²) in [6, 6.07) is -0.0867. The van der Waals surface area contributed by atoms with E-state index in [0.717, 1.165) is 19.4 Å². The van der Waals surface area contributed by atoms with Crippen LogP contribution in [0.1, 0.15) is 18.2 Å². The van der Waals surface area contributed by atoms with Crippen LogP contribution in [0.4, 0.5) is 4.79 Å². The van der Waals surface area contributed by atoms with Gasteiger partial charge in [-0.1, -0.05) is 6.92 Å². The van der Waals surface area contributed by atoms with Gasteiger partial charge in [-0.25, -0.2) is 4.79 Å². The summed E-state index contributed by atoms with van der Waals surface area (Å²) in [5.41, 5.74) is 1.80. The molecule has 0 saturated heterocycles. The maximum Gasteiger partial charge on any atom is 0.314 e. The Hall–Kier alpha value is -1.10. The molecule has 2 amide bonds. The Kier molecular flexibility index (Phi) is 4.99. The normalized spacial score (nSPS) is 9.79. The van der Waals surface area contributed by atoms with E-state index in [-0.39, 0.29) is 6.03 Å². The minimum atomic E-state index is -0.0867. The standard InChI is InChI=1S/C9H15N3OS/c1-2-4-11-9(13)12-5-3-8-6-10-7-14-8/h6-7H,2-5H2,1H3,(H2,11,12,13). The number of hydrogen-bond donors (Lipinski definition) is 2. The van der Waals surface area contributed by atoms with Crippen LogP contribution in [0.3, 0.4) is 0 Å². The van der Waals surface area contributed by atoms with Gasteiger partial charge in [0.05, 0.1) is 5.51 Å². The highest BCUT2D eigenvalue weighted by Crippen LogP contribution is 2.04. The third-order valence-electron chi connectivity index (χ3n) is 1.68. The molecule has 1 aromatic rings. The summed E-state index contributed by atoms with van der Waals surface area (Å²) in [6.45, 7) is 3.42. The van der Waals surface area contributed by atoms with Crippen LogP contribution in [-0.2, 0) is 6.42 Å². The molecule has 1 heterocycles. The third kappa shape index (κ3) is 4.23. The molecule has 14 heavy (non-hydrogen) atoms. The van der Waals surface area contributed by atoms with E-state index < -0.39 is 0 Å². The van der Waals surface area contributed by atoms with Gasteiger partial charge < -0.3 is 10.6 Å². The highest BCUT2D eigenvalue weighted by atomic mass is 32.1. The Labute approximate surface area is 87.7 Å². The van der Waals surface area contributed by atoms with Crippen LogP contribution in [0.2, 0.25) is 0 Å². The van der Waals surface area contributed by atoms with Gasteiger partial charge in [0.25, 0.3) is 0 Å². The monoisotopic (exact) mass is 213 g/mol. The summed E-state index contributed by atoms with van der Waals surface area (Å²) >= 11 is 1.61. The molecule has 0 bridgehead atoms. The van der Waals surface area contributed by atoms with Crippen molar-refractivity contribution < 1.29 is 4.79 Å². The van der Waals surface area contributed by atoms with Gasteiger partial charge in [0.15, 0.2) is 0 Å². The maximum atomic E-state index is 11.1. The predicted octanol–water partition coefficient (Wildman–Crippen LogP) is 1.39. The molecular weight excluding hydrogens is 198 g/mol. The Bertz CT molecular complexity index is 261. The number of amides is 2. The molecule has 0 aromatic carbocycles. The molecule has 0 aliphatic rings. The number of rotatable bonds is 5. The van der Waals surface area contributed by atoms with Crippen LogP contribution < -0.4 is 10.6 Å². The Morgan fingerprint density at radius 1 is 1.50 bits per heavy atom. The summed E-state index contributed by atoms with van der Waals surface area (Å²) in [7, 11) is 0. The number of aromatic nitrogens is 1. The number of thiazole rings is 1. The molecule has 0 fully saturated rings. The number of hydrogen-bond acceptors (Lipinski definition) is 3. The third-order valence-corrected chi connectivity index (χ3v) is 2.52. The van der Waals surface area contributed by atoms with Crippen molar-refractivity contribution in [3.63, 3.8) is 0 Å². The summed E-state index contributed by atoms with van der Waals surface area (Å²) in [5.74, 6) is 0. The lowest BCUT2D eigenvalue weighted by molar-refractivity contribution is 0.241. The Morgan fingerprint density at radius 3 is 2.93 bits per heavy atom. The van der Waals surface area contributed by atoms with Gasteiger partial charge in [0.1, 0.15) is 0 Å². The SMILES string of the molecule is CCCNC(=O)NCCc1cncs1. The second-order valence-corrected chi connectivity index (χ2v) is 3.87. The largest absolute Gasteiger partial charge is 0.338 e. The first-order chi connectivity index (χ1) is 6.83. The zero-order chi connectivity index (χ0) is 10.2. The second-order valence-electron chi connectivity index (χ2n) is 2.90. The fourth-order valence-corrected chi connectivity index (χ4v) is 1.56. The van der Waals surface area contributed by atoms with Crippen LogP contribution in [-0.4, -0.2) is 24.1 Å². The zero-order valence-electron chi connectivity index (χ0n) is 8.25. The number of urea groups is 1. The van der Waals surface area contributed by atoms with Crippen LogP contribution in [0.5, 0.6) is 0 Å². The quantitative estimate of drug-likeness (QED) is 0.776. The molecule has 0 aliphatic heterocycles. The van der Waals surface area contributed by atoms with E-state index in [1.54, 1.807) is 16.8 Å². The van der Waals surface area contributed by atoms with Crippen molar-refractivity contribution in [1.29, 1.82) is 0 Å². The zero-order valence-corrected chi connectivity index (χ0v) is 9.06. The Morgan fingerprint density at radius 2 is 2.29 bits per heavy atom. The fraction of sp³-hybridized carbons (Fsp3) is 0.556. The van der Waals surface area contributed by atoms with E-state index in [1.807, 2.05) is 13.1 Å². The number of carbonyl (C=O) groups is 1. The second kappa shape index (κ2) is 6.37. The van der Waals surface area contributed by atoms with Crippen molar-refractivity contribution in [2.45, 2.75) is 19.8 Å². The molecule has 1 rings (SSSR count). The Balaban J connectivity index is 2.06. The lowest BCUT2D eigenvalue weighted by Crippen LogP contribution is -2.36. The molecule has 0 saturated carbocycles. The molecule has 5 heteroatoms. The number of nitrogens with one attached hydrogen (secondary N) is 2. The maximum absolute atomic E-state index is 11.1. The van der Waals surface area contributed by atoms with Crippen molar-refractivity contribution in [2.75, 3.05) is 13.1 Å². The van der Waals surface area contributed by atoms with Gasteiger partial charge in [0.2, 0.25) is 0 Å². The highest BCUT2D eigenvalue weighted by Gasteiger charge is 1.98. The molecule has 0 aliphatic carbocycles. The van der Waals surface area contributed by atoms with E-state index >= 15 is 0 Å². The summed E-state index contributed by atoms with van der Waals surface area (Å²) in [5, 5.41) is 5.53. The lowest BCUT2D eigenvalue weighted by Gasteiger charge is -2.04. The van der Waals surface area contributed by atoms with Gasteiger partial charge >= 0.3 is 6.03 Å². The van der Waals surface area contributed by atoms with E-state index in [2.05, 4.69) is 15.6 Å². The minimum Gasteiger partial charge on any atom is -0.338 e. The van der Waals surface area contributed by atoms with Gasteiger partial charge in [-0.2, -0.15) is 0 Å². The van der Waals surface area contributed by atoms with Crippen molar-refractivity contribution in [3.8, 4) is 0 Å². The molecule has 2 N–H and O–H groups in total. The molecule has 0 unspecified atom stereocenters. The van der Waals surface area contributed by atoms with E-state index in [9.17, 15) is 4.79 Å². The smallest absolute Gasteiger partial charge is 0.314 e.